The number of ether oxygens (including phenoxy) is 2. The Morgan fingerprint density at radius 3 is 1.97 bits per heavy atom. The van der Waals surface area contributed by atoms with Crippen LogP contribution in [0.2, 0.25) is 0 Å². The number of aromatic nitrogens is 3. The van der Waals surface area contributed by atoms with Crippen LogP contribution in [0.1, 0.15) is 11.3 Å². The first-order valence-electron chi connectivity index (χ1n) is 12.9. The van der Waals surface area contributed by atoms with Gasteiger partial charge in [-0.2, -0.15) is 5.10 Å². The van der Waals surface area contributed by atoms with Crippen molar-refractivity contribution >= 4 is 27.5 Å². The molecule has 0 saturated carbocycles. The molecule has 0 fully saturated rings. The number of fused-ring (bicyclic) bond motifs is 3. The summed E-state index contributed by atoms with van der Waals surface area (Å²) >= 11 is 0. The zero-order chi connectivity index (χ0) is 26.9. The van der Waals surface area contributed by atoms with Crippen molar-refractivity contribution in [2.75, 3.05) is 33.2 Å². The van der Waals surface area contributed by atoms with Crippen LogP contribution in [0.3, 0.4) is 0 Å². The highest BCUT2D eigenvalue weighted by molar-refractivity contribution is 6.12. The molecule has 2 heterocycles. The zero-order valence-electron chi connectivity index (χ0n) is 22.6. The van der Waals surface area contributed by atoms with Crippen molar-refractivity contribution in [1.82, 2.24) is 14.8 Å². The minimum absolute atomic E-state index is 0.664. The average Bonchev–Trinajstić information content (AvgIpc) is 3.35. The molecule has 0 atom stereocenters. The van der Waals surface area contributed by atoms with E-state index in [1.54, 1.807) is 14.2 Å². The Bertz CT molecular complexity index is 1760. The van der Waals surface area contributed by atoms with Crippen molar-refractivity contribution in [2.24, 2.45) is 0 Å². The van der Waals surface area contributed by atoms with Gasteiger partial charge in [0.25, 0.3) is 0 Å². The Hall–Kier alpha value is -4.84. The molecule has 6 aromatic rings. The molecule has 4 aromatic carbocycles. The molecule has 39 heavy (non-hydrogen) atoms. The van der Waals surface area contributed by atoms with Crippen LogP contribution >= 0.6 is 0 Å². The van der Waals surface area contributed by atoms with Gasteiger partial charge in [-0.05, 0) is 42.0 Å². The lowest BCUT2D eigenvalue weighted by atomic mass is 9.98. The van der Waals surface area contributed by atoms with E-state index >= 15 is 0 Å². The van der Waals surface area contributed by atoms with E-state index in [9.17, 15) is 0 Å². The van der Waals surface area contributed by atoms with Crippen molar-refractivity contribution in [3.63, 3.8) is 0 Å². The third-order valence-electron chi connectivity index (χ3n) is 7.07. The molecule has 0 saturated heterocycles. The summed E-state index contributed by atoms with van der Waals surface area (Å²) in [5.74, 6) is 1.34. The van der Waals surface area contributed by atoms with Gasteiger partial charge in [0, 0.05) is 42.5 Å². The van der Waals surface area contributed by atoms with Gasteiger partial charge in [0.05, 0.1) is 36.7 Å². The highest BCUT2D eigenvalue weighted by Gasteiger charge is 2.22. The van der Waals surface area contributed by atoms with E-state index in [1.807, 2.05) is 49.1 Å². The van der Waals surface area contributed by atoms with Crippen molar-refractivity contribution < 1.29 is 9.47 Å². The van der Waals surface area contributed by atoms with Gasteiger partial charge in [0.15, 0.2) is 17.1 Å². The number of pyridine rings is 1. The minimum atomic E-state index is 0.664. The van der Waals surface area contributed by atoms with E-state index in [0.717, 1.165) is 50.1 Å². The molecule has 6 nitrogen and oxygen atoms in total. The fraction of sp³-hybridized carbons (Fsp3) is 0.152. The maximum Gasteiger partial charge on any atom is 0.164 e. The molecule has 0 spiro atoms. The Labute approximate surface area is 228 Å². The number of nitrogens with zero attached hydrogens (tertiary/aromatic N) is 4. The lowest BCUT2D eigenvalue weighted by molar-refractivity contribution is 0.356. The van der Waals surface area contributed by atoms with Gasteiger partial charge in [-0.15, -0.1) is 0 Å². The summed E-state index contributed by atoms with van der Waals surface area (Å²) < 4.78 is 13.4. The summed E-state index contributed by atoms with van der Waals surface area (Å²) in [6, 6.07) is 33.2. The first-order valence-corrected chi connectivity index (χ1v) is 12.9. The van der Waals surface area contributed by atoms with E-state index in [1.165, 1.54) is 5.56 Å². The Kier molecular flexibility index (Phi) is 6.37. The van der Waals surface area contributed by atoms with Crippen LogP contribution in [-0.2, 0) is 6.42 Å². The third-order valence-corrected chi connectivity index (χ3v) is 7.07. The molecule has 194 valence electrons. The molecule has 6 heteroatoms. The second kappa shape index (κ2) is 10.1. The molecule has 0 aliphatic rings. The van der Waals surface area contributed by atoms with Crippen LogP contribution in [0, 0.1) is 0 Å². The fourth-order valence-electron chi connectivity index (χ4n) is 5.08. The Balaban J connectivity index is 1.71. The fourth-order valence-corrected chi connectivity index (χ4v) is 5.08. The van der Waals surface area contributed by atoms with Gasteiger partial charge in [-0.25, -0.2) is 9.67 Å². The van der Waals surface area contributed by atoms with Gasteiger partial charge in [0.1, 0.15) is 0 Å². The van der Waals surface area contributed by atoms with Crippen LogP contribution in [0.15, 0.2) is 97.1 Å². The van der Waals surface area contributed by atoms with Crippen LogP contribution in [0.25, 0.3) is 38.8 Å². The molecular formula is C33H30N4O2. The summed E-state index contributed by atoms with van der Waals surface area (Å²) in [6.07, 6.45) is 0.680. The van der Waals surface area contributed by atoms with Crippen LogP contribution in [-0.4, -0.2) is 43.1 Å². The van der Waals surface area contributed by atoms with Crippen LogP contribution in [0.5, 0.6) is 11.5 Å². The van der Waals surface area contributed by atoms with Gasteiger partial charge < -0.3 is 14.4 Å². The van der Waals surface area contributed by atoms with Gasteiger partial charge >= 0.3 is 0 Å². The van der Waals surface area contributed by atoms with E-state index in [4.69, 9.17) is 19.6 Å². The van der Waals surface area contributed by atoms with E-state index in [-0.39, 0.29) is 0 Å². The standard InChI is InChI=1S/C33H30N4O2/c1-36(2)24-17-15-23(16-18-24)32-27-21-30(39-4)29(38-3)20-26(27)31-28(19-22-11-7-5-8-12-22)35-37(33(31)34-32)25-13-9-6-10-14-25/h5-18,20-21H,19H2,1-4H3. The summed E-state index contributed by atoms with van der Waals surface area (Å²) in [5, 5.41) is 8.17. The second-order valence-electron chi connectivity index (χ2n) is 9.71. The summed E-state index contributed by atoms with van der Waals surface area (Å²) in [5.41, 5.74) is 6.93. The number of anilines is 1. The van der Waals surface area contributed by atoms with Gasteiger partial charge in [-0.3, -0.25) is 0 Å². The van der Waals surface area contributed by atoms with Crippen molar-refractivity contribution in [3.05, 3.63) is 108 Å². The Morgan fingerprint density at radius 2 is 1.36 bits per heavy atom. The summed E-state index contributed by atoms with van der Waals surface area (Å²) in [6.45, 7) is 0. The predicted molar refractivity (Wildman–Crippen MR) is 158 cm³/mol. The van der Waals surface area contributed by atoms with Gasteiger partial charge in [0.2, 0.25) is 0 Å². The molecule has 0 aliphatic heterocycles. The zero-order valence-corrected chi connectivity index (χ0v) is 22.6. The predicted octanol–water partition coefficient (Wildman–Crippen LogP) is 6.91. The second-order valence-corrected chi connectivity index (χ2v) is 9.71. The topological polar surface area (TPSA) is 52.4 Å². The molecule has 0 unspecified atom stereocenters. The molecule has 6 rings (SSSR count). The maximum absolute atomic E-state index is 5.75. The van der Waals surface area contributed by atoms with Crippen LogP contribution < -0.4 is 14.4 Å². The molecule has 0 N–H and O–H groups in total. The smallest absolute Gasteiger partial charge is 0.164 e. The van der Waals surface area contributed by atoms with E-state index in [2.05, 4.69) is 71.6 Å². The van der Waals surface area contributed by atoms with Gasteiger partial charge in [-0.1, -0.05) is 60.7 Å². The molecule has 0 bridgehead atoms. The van der Waals surface area contributed by atoms with Crippen LogP contribution in [0.4, 0.5) is 5.69 Å². The summed E-state index contributed by atoms with van der Waals surface area (Å²) in [4.78, 5) is 7.40. The SMILES string of the molecule is COc1cc2c(-c3ccc(N(C)C)cc3)nc3c(c(Cc4ccccc4)nn3-c3ccccc3)c2cc1OC. The molecule has 0 aliphatic carbocycles. The summed E-state index contributed by atoms with van der Waals surface area (Å²) in [7, 11) is 7.41. The number of rotatable bonds is 7. The first-order chi connectivity index (χ1) is 19.1. The monoisotopic (exact) mass is 514 g/mol. The van der Waals surface area contributed by atoms with E-state index in [0.29, 0.717) is 17.9 Å². The maximum atomic E-state index is 5.75. The number of methoxy groups -OCH3 is 2. The molecular weight excluding hydrogens is 484 g/mol. The van der Waals surface area contributed by atoms with E-state index < -0.39 is 0 Å². The van der Waals surface area contributed by atoms with Crippen molar-refractivity contribution in [1.29, 1.82) is 0 Å². The quantitative estimate of drug-likeness (QED) is 0.232. The minimum Gasteiger partial charge on any atom is -0.493 e. The number of hydrogen-bond donors (Lipinski definition) is 0. The van der Waals surface area contributed by atoms with Crippen molar-refractivity contribution in [3.8, 4) is 28.4 Å². The highest BCUT2D eigenvalue weighted by atomic mass is 16.5. The highest BCUT2D eigenvalue weighted by Crippen LogP contribution is 2.41. The number of para-hydroxylation sites is 1. The number of benzene rings is 4. The first kappa shape index (κ1) is 24.5. The normalized spacial score (nSPS) is 11.2. The molecule has 2 aromatic heterocycles. The van der Waals surface area contributed by atoms with Crippen molar-refractivity contribution in [2.45, 2.75) is 6.42 Å². The lowest BCUT2D eigenvalue weighted by Gasteiger charge is -2.15. The third kappa shape index (κ3) is 4.44. The average molecular weight is 515 g/mol. The lowest BCUT2D eigenvalue weighted by Crippen LogP contribution is -2.08. The molecule has 0 radical (unpaired) electrons. The Morgan fingerprint density at radius 1 is 0.744 bits per heavy atom. The largest absolute Gasteiger partial charge is 0.493 e. The molecule has 0 amide bonds. The number of hydrogen-bond acceptors (Lipinski definition) is 5.